The zero-order valence-electron chi connectivity index (χ0n) is 9.20. The highest BCUT2D eigenvalue weighted by molar-refractivity contribution is 5.93. The molecule has 88 valence electrons. The molecule has 1 aromatic rings. The summed E-state index contributed by atoms with van der Waals surface area (Å²) in [5.41, 5.74) is 0.369. The van der Waals surface area contributed by atoms with E-state index < -0.39 is 5.95 Å². The van der Waals surface area contributed by atoms with Crippen molar-refractivity contribution in [3.63, 3.8) is 0 Å². The molecular formula is C11H15FN2O2. The smallest absolute Gasteiger partial charge is 0.252 e. The number of hydrogen-bond acceptors (Lipinski definition) is 3. The van der Waals surface area contributed by atoms with E-state index in [0.717, 1.165) is 12.8 Å². The lowest BCUT2D eigenvalue weighted by Crippen LogP contribution is -2.24. The maximum absolute atomic E-state index is 12.5. The molecule has 1 aromatic heterocycles. The summed E-state index contributed by atoms with van der Waals surface area (Å²) >= 11 is 0. The van der Waals surface area contributed by atoms with Crippen LogP contribution in [-0.4, -0.2) is 31.2 Å². The number of halogens is 1. The van der Waals surface area contributed by atoms with Crippen molar-refractivity contribution in [3.05, 3.63) is 29.8 Å². The molecule has 5 heteroatoms. The van der Waals surface area contributed by atoms with Gasteiger partial charge in [-0.2, -0.15) is 4.39 Å². The van der Waals surface area contributed by atoms with Crippen LogP contribution in [0, 0.1) is 5.95 Å². The second-order valence-electron chi connectivity index (χ2n) is 3.33. The Morgan fingerprint density at radius 3 is 2.94 bits per heavy atom. The van der Waals surface area contributed by atoms with E-state index in [1.165, 1.54) is 18.3 Å². The van der Waals surface area contributed by atoms with Crippen molar-refractivity contribution in [2.75, 3.05) is 20.3 Å². The lowest BCUT2D eigenvalue weighted by atomic mass is 10.2. The predicted molar refractivity (Wildman–Crippen MR) is 57.6 cm³/mol. The van der Waals surface area contributed by atoms with E-state index in [4.69, 9.17) is 4.74 Å². The van der Waals surface area contributed by atoms with Gasteiger partial charge in [0.05, 0.1) is 5.56 Å². The van der Waals surface area contributed by atoms with Gasteiger partial charge < -0.3 is 10.1 Å². The molecule has 0 bridgehead atoms. The number of methoxy groups -OCH3 is 1. The fraction of sp³-hybridized carbons (Fsp3) is 0.455. The summed E-state index contributed by atoms with van der Waals surface area (Å²) < 4.78 is 17.4. The molecule has 0 aromatic carbocycles. The third-order valence-electron chi connectivity index (χ3n) is 2.05. The van der Waals surface area contributed by atoms with E-state index in [1.54, 1.807) is 7.11 Å². The fourth-order valence-electron chi connectivity index (χ4n) is 1.19. The van der Waals surface area contributed by atoms with E-state index in [-0.39, 0.29) is 5.91 Å². The van der Waals surface area contributed by atoms with E-state index in [2.05, 4.69) is 10.3 Å². The number of ether oxygens (including phenoxy) is 1. The molecule has 0 saturated carbocycles. The molecule has 0 unspecified atom stereocenters. The predicted octanol–water partition coefficient (Wildman–Crippen LogP) is 1.38. The number of pyridine rings is 1. The summed E-state index contributed by atoms with van der Waals surface area (Å²) in [7, 11) is 1.64. The number of amides is 1. The van der Waals surface area contributed by atoms with Crippen molar-refractivity contribution in [1.82, 2.24) is 10.3 Å². The third kappa shape index (κ3) is 4.35. The summed E-state index contributed by atoms with van der Waals surface area (Å²) in [6, 6.07) is 2.58. The van der Waals surface area contributed by atoms with Gasteiger partial charge in [-0.15, -0.1) is 0 Å². The number of aromatic nitrogens is 1. The van der Waals surface area contributed by atoms with E-state index in [9.17, 15) is 9.18 Å². The van der Waals surface area contributed by atoms with Crippen LogP contribution < -0.4 is 5.32 Å². The van der Waals surface area contributed by atoms with Gasteiger partial charge in [0.1, 0.15) is 0 Å². The molecule has 1 rings (SSSR count). The molecule has 0 radical (unpaired) electrons. The molecular weight excluding hydrogens is 211 g/mol. The third-order valence-corrected chi connectivity index (χ3v) is 2.05. The number of rotatable bonds is 6. The summed E-state index contributed by atoms with van der Waals surface area (Å²) in [5, 5.41) is 2.72. The number of unbranched alkanes of at least 4 members (excludes halogenated alkanes) is 1. The van der Waals surface area contributed by atoms with Crippen molar-refractivity contribution in [2.24, 2.45) is 0 Å². The van der Waals surface area contributed by atoms with Gasteiger partial charge in [-0.3, -0.25) is 4.79 Å². The number of hydrogen-bond donors (Lipinski definition) is 1. The topological polar surface area (TPSA) is 51.2 Å². The summed E-state index contributed by atoms with van der Waals surface area (Å²) in [6.45, 7) is 1.27. The molecule has 1 amide bonds. The lowest BCUT2D eigenvalue weighted by molar-refractivity contribution is 0.0951. The van der Waals surface area contributed by atoms with Crippen LogP contribution in [0.3, 0.4) is 0 Å². The summed E-state index contributed by atoms with van der Waals surface area (Å²) in [4.78, 5) is 14.9. The average molecular weight is 226 g/mol. The molecule has 16 heavy (non-hydrogen) atoms. The van der Waals surface area contributed by atoms with Crippen LogP contribution in [0.2, 0.25) is 0 Å². The molecule has 1 N–H and O–H groups in total. The van der Waals surface area contributed by atoms with Gasteiger partial charge in [0, 0.05) is 26.5 Å². The van der Waals surface area contributed by atoms with Crippen LogP contribution in [0.5, 0.6) is 0 Å². The Kier molecular flexibility index (Phi) is 5.42. The zero-order valence-corrected chi connectivity index (χ0v) is 9.20. The quantitative estimate of drug-likeness (QED) is 0.589. The van der Waals surface area contributed by atoms with Crippen LogP contribution in [0.25, 0.3) is 0 Å². The SMILES string of the molecule is COCCCCNC(=O)c1ccc(F)nc1. The highest BCUT2D eigenvalue weighted by atomic mass is 19.1. The normalized spacial score (nSPS) is 10.1. The largest absolute Gasteiger partial charge is 0.385 e. The van der Waals surface area contributed by atoms with Crippen molar-refractivity contribution in [1.29, 1.82) is 0 Å². The number of nitrogens with one attached hydrogen (secondary N) is 1. The Hall–Kier alpha value is -1.49. The molecule has 0 saturated heterocycles. The van der Waals surface area contributed by atoms with Gasteiger partial charge in [-0.05, 0) is 25.0 Å². The fourth-order valence-corrected chi connectivity index (χ4v) is 1.19. The Labute approximate surface area is 93.8 Å². The van der Waals surface area contributed by atoms with Gasteiger partial charge in [0.25, 0.3) is 5.91 Å². The minimum Gasteiger partial charge on any atom is -0.385 e. The average Bonchev–Trinajstić information content (AvgIpc) is 2.29. The summed E-state index contributed by atoms with van der Waals surface area (Å²) in [6.07, 6.45) is 2.98. The maximum atomic E-state index is 12.5. The first-order chi connectivity index (χ1) is 7.74. The highest BCUT2D eigenvalue weighted by Gasteiger charge is 2.04. The molecule has 1 heterocycles. The van der Waals surface area contributed by atoms with Gasteiger partial charge in [0.15, 0.2) is 0 Å². The van der Waals surface area contributed by atoms with E-state index in [0.29, 0.717) is 18.7 Å². The first-order valence-corrected chi connectivity index (χ1v) is 5.12. The van der Waals surface area contributed by atoms with Gasteiger partial charge in [-0.25, -0.2) is 4.98 Å². The Morgan fingerprint density at radius 1 is 1.50 bits per heavy atom. The van der Waals surface area contributed by atoms with Crippen LogP contribution in [0.15, 0.2) is 18.3 Å². The maximum Gasteiger partial charge on any atom is 0.252 e. The van der Waals surface area contributed by atoms with E-state index in [1.807, 2.05) is 0 Å². The van der Waals surface area contributed by atoms with Crippen molar-refractivity contribution >= 4 is 5.91 Å². The van der Waals surface area contributed by atoms with Gasteiger partial charge in [-0.1, -0.05) is 0 Å². The van der Waals surface area contributed by atoms with Crippen molar-refractivity contribution < 1.29 is 13.9 Å². The Morgan fingerprint density at radius 2 is 2.31 bits per heavy atom. The standard InChI is InChI=1S/C11H15FN2O2/c1-16-7-3-2-6-13-11(15)9-4-5-10(12)14-8-9/h4-5,8H,2-3,6-7H2,1H3,(H,13,15). The van der Waals surface area contributed by atoms with Crippen LogP contribution in [0.4, 0.5) is 4.39 Å². The Balaban J connectivity index is 2.27. The minimum absolute atomic E-state index is 0.232. The number of nitrogens with zero attached hydrogens (tertiary/aromatic N) is 1. The van der Waals surface area contributed by atoms with Crippen molar-refractivity contribution in [3.8, 4) is 0 Å². The lowest BCUT2D eigenvalue weighted by Gasteiger charge is -2.04. The first-order valence-electron chi connectivity index (χ1n) is 5.12. The monoisotopic (exact) mass is 226 g/mol. The molecule has 0 atom stereocenters. The molecule has 4 nitrogen and oxygen atoms in total. The van der Waals surface area contributed by atoms with Gasteiger partial charge >= 0.3 is 0 Å². The second kappa shape index (κ2) is 6.90. The molecule has 0 aliphatic heterocycles. The number of carbonyl (C=O) groups is 1. The highest BCUT2D eigenvalue weighted by Crippen LogP contribution is 1.98. The van der Waals surface area contributed by atoms with Crippen LogP contribution in [0.1, 0.15) is 23.2 Å². The molecule has 0 spiro atoms. The molecule has 0 aliphatic carbocycles. The summed E-state index contributed by atoms with van der Waals surface area (Å²) in [5.74, 6) is -0.818. The van der Waals surface area contributed by atoms with Crippen LogP contribution >= 0.6 is 0 Å². The second-order valence-corrected chi connectivity index (χ2v) is 3.33. The Bertz CT molecular complexity index is 327. The minimum atomic E-state index is -0.586. The van der Waals surface area contributed by atoms with Crippen LogP contribution in [-0.2, 0) is 4.74 Å². The first kappa shape index (κ1) is 12.6. The van der Waals surface area contributed by atoms with Gasteiger partial charge in [0.2, 0.25) is 5.95 Å². The molecule has 0 fully saturated rings. The number of carbonyl (C=O) groups excluding carboxylic acids is 1. The van der Waals surface area contributed by atoms with Crippen molar-refractivity contribution in [2.45, 2.75) is 12.8 Å². The zero-order chi connectivity index (χ0) is 11.8. The van der Waals surface area contributed by atoms with E-state index >= 15 is 0 Å². The molecule has 0 aliphatic rings.